The van der Waals surface area contributed by atoms with Crippen LogP contribution in [0.25, 0.3) is 0 Å². The van der Waals surface area contributed by atoms with Crippen LogP contribution in [0.2, 0.25) is 0 Å². The summed E-state index contributed by atoms with van der Waals surface area (Å²) in [6.07, 6.45) is 0.547. The summed E-state index contributed by atoms with van der Waals surface area (Å²) in [5.41, 5.74) is 0.879. The van der Waals surface area contributed by atoms with Crippen molar-refractivity contribution in [2.24, 2.45) is 0 Å². The van der Waals surface area contributed by atoms with Gasteiger partial charge in [0.15, 0.2) is 6.29 Å². The van der Waals surface area contributed by atoms with Crippen molar-refractivity contribution in [1.29, 1.82) is 0 Å². The molecule has 2 rings (SSSR count). The second kappa shape index (κ2) is 5.21. The van der Waals surface area contributed by atoms with E-state index in [-0.39, 0.29) is 16.0 Å². The van der Waals surface area contributed by atoms with Crippen molar-refractivity contribution in [3.8, 4) is 0 Å². The predicted molar refractivity (Wildman–Crippen MR) is 77.2 cm³/mol. The van der Waals surface area contributed by atoms with Gasteiger partial charge < -0.3 is 4.90 Å². The highest BCUT2D eigenvalue weighted by atomic mass is 32.2. The topological polar surface area (TPSA) is 63.4 Å². The number of hydrogen-bond acceptors (Lipinski definition) is 5. The van der Waals surface area contributed by atoms with Gasteiger partial charge in [0.2, 0.25) is 0 Å². The maximum absolute atomic E-state index is 11.0. The van der Waals surface area contributed by atoms with E-state index in [0.29, 0.717) is 6.29 Å². The summed E-state index contributed by atoms with van der Waals surface area (Å²) < 4.78 is 0.154. The van der Waals surface area contributed by atoms with Crippen molar-refractivity contribution in [3.05, 3.63) is 33.9 Å². The number of nitro benzene ring substituents is 1. The standard InChI is InChI=1S/C13H16N2O3S/c1-13(2)9-14(5-6-19-13)11-3-4-12(15(17)18)10(7-11)8-16/h3-4,7-8H,5-6,9H2,1-2H3. The first kappa shape index (κ1) is 13.9. The molecule has 1 saturated heterocycles. The van der Waals surface area contributed by atoms with Gasteiger partial charge in [-0.05, 0) is 26.0 Å². The summed E-state index contributed by atoms with van der Waals surface area (Å²) in [7, 11) is 0. The van der Waals surface area contributed by atoms with E-state index >= 15 is 0 Å². The Kier molecular flexibility index (Phi) is 3.80. The molecule has 0 unspecified atom stereocenters. The van der Waals surface area contributed by atoms with E-state index in [9.17, 15) is 14.9 Å². The lowest BCUT2D eigenvalue weighted by Crippen LogP contribution is -2.43. The van der Waals surface area contributed by atoms with Gasteiger partial charge in [-0.3, -0.25) is 14.9 Å². The van der Waals surface area contributed by atoms with Crippen LogP contribution in [0.4, 0.5) is 11.4 Å². The molecule has 102 valence electrons. The Hall–Kier alpha value is -1.56. The minimum absolute atomic E-state index is 0.135. The zero-order valence-electron chi connectivity index (χ0n) is 11.0. The molecule has 0 bridgehead atoms. The van der Waals surface area contributed by atoms with E-state index in [1.807, 2.05) is 11.8 Å². The number of hydrogen-bond donors (Lipinski definition) is 0. The van der Waals surface area contributed by atoms with Crippen molar-refractivity contribution in [2.75, 3.05) is 23.7 Å². The number of thioether (sulfide) groups is 1. The van der Waals surface area contributed by atoms with E-state index < -0.39 is 4.92 Å². The highest BCUT2D eigenvalue weighted by Crippen LogP contribution is 2.33. The largest absolute Gasteiger partial charge is 0.369 e. The number of carbonyl (C=O) groups is 1. The second-order valence-electron chi connectivity index (χ2n) is 5.15. The molecule has 0 amide bonds. The Labute approximate surface area is 116 Å². The van der Waals surface area contributed by atoms with Gasteiger partial charge in [0.25, 0.3) is 5.69 Å². The smallest absolute Gasteiger partial charge is 0.280 e. The molecule has 1 aromatic rings. The van der Waals surface area contributed by atoms with Crippen LogP contribution >= 0.6 is 11.8 Å². The van der Waals surface area contributed by atoms with E-state index in [4.69, 9.17) is 0 Å². The zero-order chi connectivity index (χ0) is 14.0. The third kappa shape index (κ3) is 3.07. The van der Waals surface area contributed by atoms with Crippen LogP contribution < -0.4 is 4.90 Å². The number of benzene rings is 1. The molecule has 0 aromatic heterocycles. The SMILES string of the molecule is CC1(C)CN(c2ccc([N+](=O)[O-])c(C=O)c2)CCS1. The Bertz CT molecular complexity index is 517. The van der Waals surface area contributed by atoms with Crippen molar-refractivity contribution in [1.82, 2.24) is 0 Å². The van der Waals surface area contributed by atoms with Gasteiger partial charge in [0.05, 0.1) is 10.5 Å². The highest BCUT2D eigenvalue weighted by Gasteiger charge is 2.27. The van der Waals surface area contributed by atoms with Crippen LogP contribution in [0, 0.1) is 10.1 Å². The van der Waals surface area contributed by atoms with Crippen LogP contribution in [-0.2, 0) is 0 Å². The summed E-state index contributed by atoms with van der Waals surface area (Å²) in [6, 6.07) is 4.74. The number of aldehydes is 1. The number of nitro groups is 1. The van der Waals surface area contributed by atoms with E-state index in [2.05, 4.69) is 18.7 Å². The van der Waals surface area contributed by atoms with Gasteiger partial charge >= 0.3 is 0 Å². The molecule has 5 nitrogen and oxygen atoms in total. The molecule has 0 radical (unpaired) electrons. The quantitative estimate of drug-likeness (QED) is 0.484. The minimum atomic E-state index is -0.524. The third-order valence-electron chi connectivity index (χ3n) is 3.13. The molecule has 0 atom stereocenters. The molecule has 1 heterocycles. The van der Waals surface area contributed by atoms with Crippen LogP contribution in [-0.4, -0.2) is 34.8 Å². The summed E-state index contributed by atoms with van der Waals surface area (Å²) in [5, 5.41) is 10.8. The summed E-state index contributed by atoms with van der Waals surface area (Å²) in [6.45, 7) is 6.11. The summed E-state index contributed by atoms with van der Waals surface area (Å²) in [5.74, 6) is 1.01. The lowest BCUT2D eigenvalue weighted by Gasteiger charge is -2.39. The number of anilines is 1. The maximum atomic E-state index is 11.0. The average Bonchev–Trinajstić information content (AvgIpc) is 2.36. The van der Waals surface area contributed by atoms with Crippen LogP contribution in [0.15, 0.2) is 18.2 Å². The number of nitrogens with zero attached hydrogens (tertiary/aromatic N) is 2. The molecule has 6 heteroatoms. The fourth-order valence-electron chi connectivity index (χ4n) is 2.24. The maximum Gasteiger partial charge on any atom is 0.280 e. The first-order chi connectivity index (χ1) is 8.93. The molecule has 0 spiro atoms. The highest BCUT2D eigenvalue weighted by molar-refractivity contribution is 8.00. The van der Waals surface area contributed by atoms with Crippen LogP contribution in [0.5, 0.6) is 0 Å². The van der Waals surface area contributed by atoms with Gasteiger partial charge in [0, 0.05) is 35.3 Å². The minimum Gasteiger partial charge on any atom is -0.369 e. The van der Waals surface area contributed by atoms with E-state index in [1.165, 1.54) is 6.07 Å². The Morgan fingerprint density at radius 3 is 2.79 bits per heavy atom. The van der Waals surface area contributed by atoms with Crippen molar-refractivity contribution >= 4 is 29.4 Å². The van der Waals surface area contributed by atoms with Gasteiger partial charge in [-0.2, -0.15) is 11.8 Å². The van der Waals surface area contributed by atoms with Crippen molar-refractivity contribution in [3.63, 3.8) is 0 Å². The lowest BCUT2D eigenvalue weighted by atomic mass is 10.1. The molecule has 1 fully saturated rings. The molecule has 19 heavy (non-hydrogen) atoms. The monoisotopic (exact) mass is 280 g/mol. The second-order valence-corrected chi connectivity index (χ2v) is 6.95. The fourth-order valence-corrected chi connectivity index (χ4v) is 3.35. The van der Waals surface area contributed by atoms with Gasteiger partial charge in [-0.25, -0.2) is 0 Å². The number of rotatable bonds is 3. The van der Waals surface area contributed by atoms with Gasteiger partial charge in [-0.15, -0.1) is 0 Å². The van der Waals surface area contributed by atoms with Crippen molar-refractivity contribution in [2.45, 2.75) is 18.6 Å². The molecule has 1 aliphatic heterocycles. The molecule has 1 aliphatic rings. The molecule has 0 saturated carbocycles. The zero-order valence-corrected chi connectivity index (χ0v) is 11.8. The lowest BCUT2D eigenvalue weighted by molar-refractivity contribution is -0.385. The van der Waals surface area contributed by atoms with E-state index in [0.717, 1.165) is 24.5 Å². The van der Waals surface area contributed by atoms with Crippen molar-refractivity contribution < 1.29 is 9.72 Å². The first-order valence-electron chi connectivity index (χ1n) is 6.05. The van der Waals surface area contributed by atoms with Gasteiger partial charge in [0.1, 0.15) is 0 Å². The fraction of sp³-hybridized carbons (Fsp3) is 0.462. The third-order valence-corrected chi connectivity index (χ3v) is 4.42. The first-order valence-corrected chi connectivity index (χ1v) is 7.04. The molecular weight excluding hydrogens is 264 g/mol. The molecular formula is C13H16N2O3S. The summed E-state index contributed by atoms with van der Waals surface area (Å²) in [4.78, 5) is 23.4. The van der Waals surface area contributed by atoms with Crippen LogP contribution in [0.1, 0.15) is 24.2 Å². The molecule has 0 N–H and O–H groups in total. The molecule has 0 aliphatic carbocycles. The average molecular weight is 280 g/mol. The summed E-state index contributed by atoms with van der Waals surface area (Å²) >= 11 is 1.92. The molecule has 1 aromatic carbocycles. The Balaban J connectivity index is 2.31. The predicted octanol–water partition coefficient (Wildman–Crippen LogP) is 2.74. The van der Waals surface area contributed by atoms with E-state index in [1.54, 1.807) is 12.1 Å². The Morgan fingerprint density at radius 1 is 1.47 bits per heavy atom. The Morgan fingerprint density at radius 2 is 2.21 bits per heavy atom. The number of carbonyl (C=O) groups excluding carboxylic acids is 1. The van der Waals surface area contributed by atoms with Gasteiger partial charge in [-0.1, -0.05) is 0 Å². The van der Waals surface area contributed by atoms with Crippen LogP contribution in [0.3, 0.4) is 0 Å². The normalized spacial score (nSPS) is 18.1.